The highest BCUT2D eigenvalue weighted by atomic mass is 16.5. The van der Waals surface area contributed by atoms with Crippen LogP contribution in [0.1, 0.15) is 18.4 Å². The molecule has 0 saturated carbocycles. The summed E-state index contributed by atoms with van der Waals surface area (Å²) in [6.45, 7) is 2.93. The third kappa shape index (κ3) is 4.70. The first-order valence-corrected chi connectivity index (χ1v) is 8.82. The number of nitrogens with zero attached hydrogens (tertiary/aromatic N) is 4. The van der Waals surface area contributed by atoms with Crippen LogP contribution < -0.4 is 10.1 Å². The highest BCUT2D eigenvalue weighted by molar-refractivity contribution is 5.88. The van der Waals surface area contributed by atoms with Crippen LogP contribution in [-0.4, -0.2) is 59.1 Å². The van der Waals surface area contributed by atoms with Crippen LogP contribution in [0.3, 0.4) is 0 Å². The zero-order chi connectivity index (χ0) is 18.4. The first kappa shape index (κ1) is 18.1. The number of carbonyl (C=O) groups excluding carboxylic acids is 1. The van der Waals surface area contributed by atoms with Gasteiger partial charge in [-0.15, -0.1) is 0 Å². The summed E-state index contributed by atoms with van der Waals surface area (Å²) in [6, 6.07) is 12.2. The van der Waals surface area contributed by atoms with E-state index in [0.29, 0.717) is 11.7 Å². The number of nitrogens with one attached hydrogen (secondary N) is 1. The number of likely N-dealkylation sites (tertiary alicyclic amines) is 1. The molecule has 0 spiro atoms. The van der Waals surface area contributed by atoms with Gasteiger partial charge in [0, 0.05) is 38.8 Å². The fraction of sp³-hybridized carbons (Fsp3) is 0.421. The number of methoxy groups -OCH3 is 1. The van der Waals surface area contributed by atoms with E-state index in [9.17, 15) is 4.79 Å². The monoisotopic (exact) mass is 355 g/mol. The third-order valence-electron chi connectivity index (χ3n) is 4.76. The van der Waals surface area contributed by atoms with Crippen LogP contribution in [0.15, 0.2) is 42.7 Å². The van der Waals surface area contributed by atoms with Crippen LogP contribution in [0, 0.1) is 0 Å². The number of ether oxygens (including phenoxy) is 1. The summed E-state index contributed by atoms with van der Waals surface area (Å²) in [5, 5.41) is 2.81. The van der Waals surface area contributed by atoms with Gasteiger partial charge in [-0.05, 0) is 18.4 Å². The molecule has 138 valence electrons. The van der Waals surface area contributed by atoms with Crippen molar-refractivity contribution in [1.29, 1.82) is 0 Å². The molecule has 1 aromatic heterocycles. The van der Waals surface area contributed by atoms with Gasteiger partial charge >= 0.3 is 6.03 Å². The minimum absolute atomic E-state index is 0.160. The molecule has 1 aliphatic heterocycles. The van der Waals surface area contributed by atoms with Gasteiger partial charge in [0.2, 0.25) is 5.88 Å². The Labute approximate surface area is 154 Å². The van der Waals surface area contributed by atoms with Crippen molar-refractivity contribution < 1.29 is 9.53 Å². The topological polar surface area (TPSA) is 70.6 Å². The van der Waals surface area contributed by atoms with Gasteiger partial charge in [-0.1, -0.05) is 30.3 Å². The fourth-order valence-electron chi connectivity index (χ4n) is 3.19. The Balaban J connectivity index is 1.49. The molecule has 2 amide bonds. The number of carbonyl (C=O) groups is 1. The molecule has 1 fully saturated rings. The number of piperidine rings is 1. The van der Waals surface area contributed by atoms with Crippen LogP contribution in [0.25, 0.3) is 0 Å². The van der Waals surface area contributed by atoms with Gasteiger partial charge in [-0.2, -0.15) is 0 Å². The fourth-order valence-corrected chi connectivity index (χ4v) is 3.19. The molecule has 7 heteroatoms. The van der Waals surface area contributed by atoms with E-state index in [2.05, 4.69) is 44.5 Å². The van der Waals surface area contributed by atoms with Crippen LogP contribution in [0.2, 0.25) is 0 Å². The standard InChI is InChI=1S/C19H25N5O2/c1-23(19(25)22-17-12-18(26-2)21-14-20-17)16-8-10-24(11-9-16)13-15-6-4-3-5-7-15/h3-7,12,14,16H,8-11,13H2,1-2H3,(H,20,21,22,25). The number of benzene rings is 1. The van der Waals surface area contributed by atoms with Crippen LogP contribution >= 0.6 is 0 Å². The number of urea groups is 1. The number of aromatic nitrogens is 2. The Morgan fingerprint density at radius 2 is 2.00 bits per heavy atom. The van der Waals surface area contributed by atoms with Crippen LogP contribution in [0.5, 0.6) is 5.88 Å². The van der Waals surface area contributed by atoms with Gasteiger partial charge in [0.05, 0.1) is 7.11 Å². The summed E-state index contributed by atoms with van der Waals surface area (Å²) >= 11 is 0. The van der Waals surface area contributed by atoms with E-state index < -0.39 is 0 Å². The highest BCUT2D eigenvalue weighted by Crippen LogP contribution is 2.19. The molecular weight excluding hydrogens is 330 g/mol. The maximum absolute atomic E-state index is 12.5. The van der Waals surface area contributed by atoms with Crippen molar-refractivity contribution in [1.82, 2.24) is 19.8 Å². The molecule has 2 heterocycles. The summed E-state index contributed by atoms with van der Waals surface area (Å²) in [5.74, 6) is 0.863. The Hall–Kier alpha value is -2.67. The molecule has 0 unspecified atom stereocenters. The van der Waals surface area contributed by atoms with Crippen molar-refractivity contribution in [3.8, 4) is 5.88 Å². The number of anilines is 1. The van der Waals surface area contributed by atoms with Crippen molar-refractivity contribution in [3.05, 3.63) is 48.3 Å². The molecule has 1 aliphatic rings. The number of hydrogen-bond donors (Lipinski definition) is 1. The first-order valence-electron chi connectivity index (χ1n) is 8.82. The summed E-state index contributed by atoms with van der Waals surface area (Å²) in [4.78, 5) is 24.7. The zero-order valence-corrected chi connectivity index (χ0v) is 15.3. The minimum atomic E-state index is -0.160. The lowest BCUT2D eigenvalue weighted by Gasteiger charge is -2.36. The molecule has 2 aromatic rings. The predicted molar refractivity (Wildman–Crippen MR) is 100 cm³/mol. The van der Waals surface area contributed by atoms with Crippen molar-refractivity contribution in [2.45, 2.75) is 25.4 Å². The zero-order valence-electron chi connectivity index (χ0n) is 15.3. The summed E-state index contributed by atoms with van der Waals surface area (Å²) in [7, 11) is 3.37. The molecule has 1 N–H and O–H groups in total. The molecule has 0 atom stereocenters. The smallest absolute Gasteiger partial charge is 0.323 e. The van der Waals surface area contributed by atoms with Crippen molar-refractivity contribution >= 4 is 11.8 Å². The Bertz CT molecular complexity index is 717. The summed E-state index contributed by atoms with van der Waals surface area (Å²) in [5.41, 5.74) is 1.33. The average Bonchev–Trinajstić information content (AvgIpc) is 2.69. The van der Waals surface area contributed by atoms with Crippen molar-refractivity contribution in [2.75, 3.05) is 32.6 Å². The summed E-state index contributed by atoms with van der Waals surface area (Å²) in [6.07, 6.45) is 3.30. The Kier molecular flexibility index (Phi) is 6.01. The quantitative estimate of drug-likeness (QED) is 0.893. The van der Waals surface area contributed by atoms with Crippen molar-refractivity contribution in [3.63, 3.8) is 0 Å². The molecule has 0 radical (unpaired) electrons. The molecule has 1 saturated heterocycles. The maximum Gasteiger partial charge on any atom is 0.323 e. The summed E-state index contributed by atoms with van der Waals surface area (Å²) < 4.78 is 5.05. The molecule has 1 aromatic carbocycles. The second-order valence-electron chi connectivity index (χ2n) is 6.48. The number of hydrogen-bond acceptors (Lipinski definition) is 5. The van der Waals surface area contributed by atoms with E-state index in [1.165, 1.54) is 19.0 Å². The van der Waals surface area contributed by atoms with Gasteiger partial charge < -0.3 is 9.64 Å². The number of amides is 2. The second-order valence-corrected chi connectivity index (χ2v) is 6.48. The van der Waals surface area contributed by atoms with Gasteiger partial charge in [0.15, 0.2) is 0 Å². The Morgan fingerprint density at radius 1 is 1.27 bits per heavy atom. The SMILES string of the molecule is COc1cc(NC(=O)N(C)C2CCN(Cc3ccccc3)CC2)ncn1. The highest BCUT2D eigenvalue weighted by Gasteiger charge is 2.25. The average molecular weight is 355 g/mol. The lowest BCUT2D eigenvalue weighted by molar-refractivity contribution is 0.137. The number of rotatable bonds is 5. The van der Waals surface area contributed by atoms with Gasteiger partial charge in [-0.25, -0.2) is 14.8 Å². The lowest BCUT2D eigenvalue weighted by Crippen LogP contribution is -2.46. The van der Waals surface area contributed by atoms with Gasteiger partial charge in [0.1, 0.15) is 12.1 Å². The largest absolute Gasteiger partial charge is 0.481 e. The van der Waals surface area contributed by atoms with Crippen LogP contribution in [-0.2, 0) is 6.54 Å². The van der Waals surface area contributed by atoms with Crippen molar-refractivity contribution in [2.24, 2.45) is 0 Å². The predicted octanol–water partition coefficient (Wildman–Crippen LogP) is 2.61. The second kappa shape index (κ2) is 8.62. The molecule has 0 bridgehead atoms. The normalized spacial score (nSPS) is 15.5. The minimum Gasteiger partial charge on any atom is -0.481 e. The first-order chi connectivity index (χ1) is 12.7. The van der Waals surface area contributed by atoms with E-state index in [-0.39, 0.29) is 12.1 Å². The third-order valence-corrected chi connectivity index (χ3v) is 4.76. The van der Waals surface area contributed by atoms with E-state index >= 15 is 0 Å². The van der Waals surface area contributed by atoms with E-state index in [4.69, 9.17) is 4.74 Å². The molecular formula is C19H25N5O2. The van der Waals surface area contributed by atoms with E-state index in [1.807, 2.05) is 13.1 Å². The Morgan fingerprint density at radius 3 is 2.69 bits per heavy atom. The molecule has 7 nitrogen and oxygen atoms in total. The molecule has 0 aliphatic carbocycles. The van der Waals surface area contributed by atoms with E-state index in [1.54, 1.807) is 11.0 Å². The van der Waals surface area contributed by atoms with Gasteiger partial charge in [0.25, 0.3) is 0 Å². The van der Waals surface area contributed by atoms with E-state index in [0.717, 1.165) is 32.5 Å². The van der Waals surface area contributed by atoms with Crippen LogP contribution in [0.4, 0.5) is 10.6 Å². The van der Waals surface area contributed by atoms with Gasteiger partial charge in [-0.3, -0.25) is 10.2 Å². The maximum atomic E-state index is 12.5. The lowest BCUT2D eigenvalue weighted by atomic mass is 10.0. The molecule has 26 heavy (non-hydrogen) atoms. The molecule has 3 rings (SSSR count).